The third kappa shape index (κ3) is 5.37. The normalized spacial score (nSPS) is 12.4. The van der Waals surface area contributed by atoms with E-state index in [4.69, 9.17) is 4.74 Å². The number of phenols is 1. The Morgan fingerprint density at radius 2 is 1.73 bits per heavy atom. The fourth-order valence-corrected chi connectivity index (χ4v) is 3.33. The summed E-state index contributed by atoms with van der Waals surface area (Å²) in [5.74, 6) is 0.688. The maximum atomic E-state index is 13.1. The molecular formula is C26H26O4. The highest BCUT2D eigenvalue weighted by Crippen LogP contribution is 2.26. The zero-order valence-electron chi connectivity index (χ0n) is 17.2. The molecule has 0 aliphatic carbocycles. The number of rotatable bonds is 8. The van der Waals surface area contributed by atoms with Gasteiger partial charge in [-0.2, -0.15) is 0 Å². The first kappa shape index (κ1) is 21.3. The number of aryl methyl sites for hydroxylation is 1. The summed E-state index contributed by atoms with van der Waals surface area (Å²) >= 11 is 0. The number of carbonyl (C=O) groups is 1. The van der Waals surface area contributed by atoms with Gasteiger partial charge in [0, 0.05) is 17.6 Å². The van der Waals surface area contributed by atoms with E-state index >= 15 is 0 Å². The Hall–Kier alpha value is -3.37. The van der Waals surface area contributed by atoms with Crippen molar-refractivity contribution in [2.45, 2.75) is 26.4 Å². The second kappa shape index (κ2) is 9.90. The summed E-state index contributed by atoms with van der Waals surface area (Å²) in [6.07, 6.45) is 1.68. The van der Waals surface area contributed by atoms with Crippen LogP contribution in [0.3, 0.4) is 0 Å². The Balaban J connectivity index is 1.67. The van der Waals surface area contributed by atoms with Crippen molar-refractivity contribution in [2.24, 2.45) is 0 Å². The van der Waals surface area contributed by atoms with Crippen LogP contribution in [-0.2, 0) is 6.42 Å². The third-order valence-electron chi connectivity index (χ3n) is 4.91. The summed E-state index contributed by atoms with van der Waals surface area (Å²) in [6.45, 7) is 3.86. The molecule has 0 saturated heterocycles. The van der Waals surface area contributed by atoms with E-state index in [2.05, 4.69) is 0 Å². The zero-order chi connectivity index (χ0) is 21.5. The van der Waals surface area contributed by atoms with Gasteiger partial charge in [-0.05, 0) is 60.9 Å². The van der Waals surface area contributed by atoms with Crippen molar-refractivity contribution in [2.75, 3.05) is 6.61 Å². The van der Waals surface area contributed by atoms with E-state index in [0.717, 1.165) is 16.7 Å². The van der Waals surface area contributed by atoms with Crippen LogP contribution in [0.25, 0.3) is 5.57 Å². The molecule has 1 unspecified atom stereocenters. The molecule has 30 heavy (non-hydrogen) atoms. The minimum atomic E-state index is -0.613. The maximum Gasteiger partial charge on any atom is 0.193 e. The predicted octanol–water partition coefficient (Wildman–Crippen LogP) is 4.97. The van der Waals surface area contributed by atoms with Gasteiger partial charge in [-0.25, -0.2) is 0 Å². The molecule has 0 aliphatic rings. The molecular weight excluding hydrogens is 376 g/mol. The molecule has 0 heterocycles. The molecule has 2 N–H and O–H groups in total. The number of ketones is 1. The third-order valence-corrected chi connectivity index (χ3v) is 4.91. The molecule has 0 amide bonds. The number of aliphatic hydroxyl groups excluding tert-OH is 1. The number of aliphatic hydroxyl groups is 1. The quantitative estimate of drug-likeness (QED) is 0.412. The van der Waals surface area contributed by atoms with Crippen LogP contribution >= 0.6 is 0 Å². The first-order valence-electron chi connectivity index (χ1n) is 9.93. The van der Waals surface area contributed by atoms with Gasteiger partial charge in [0.05, 0.1) is 6.10 Å². The number of aromatic hydroxyl groups is 1. The Morgan fingerprint density at radius 1 is 1.03 bits per heavy atom. The molecule has 1 atom stereocenters. The first-order chi connectivity index (χ1) is 14.5. The van der Waals surface area contributed by atoms with Gasteiger partial charge >= 0.3 is 0 Å². The monoisotopic (exact) mass is 402 g/mol. The van der Waals surface area contributed by atoms with E-state index in [1.165, 1.54) is 0 Å². The van der Waals surface area contributed by atoms with Gasteiger partial charge in [0.2, 0.25) is 0 Å². The van der Waals surface area contributed by atoms with Gasteiger partial charge in [0.1, 0.15) is 18.1 Å². The standard InChI is InChI=1S/C26H26O4/c1-3-24(20-9-11-21(27)12-10-20)26(29)25-14-13-23(15-18(25)2)30-17-22(28)16-19-7-5-4-6-8-19/h3-15,22,27-28H,16-17H2,1-2H3/b24-3-. The van der Waals surface area contributed by atoms with E-state index in [1.807, 2.05) is 50.2 Å². The van der Waals surface area contributed by atoms with Gasteiger partial charge < -0.3 is 14.9 Å². The molecule has 0 spiro atoms. The van der Waals surface area contributed by atoms with Crippen LogP contribution in [0.15, 0.2) is 78.9 Å². The summed E-state index contributed by atoms with van der Waals surface area (Å²) in [6, 6.07) is 21.7. The number of allylic oxidation sites excluding steroid dienone is 2. The highest BCUT2D eigenvalue weighted by molar-refractivity contribution is 6.29. The summed E-state index contributed by atoms with van der Waals surface area (Å²) in [5.41, 5.74) is 3.77. The number of hydrogen-bond donors (Lipinski definition) is 2. The molecule has 3 aromatic rings. The highest BCUT2D eigenvalue weighted by atomic mass is 16.5. The molecule has 0 bridgehead atoms. The lowest BCUT2D eigenvalue weighted by molar-refractivity contribution is 0.105. The summed E-state index contributed by atoms with van der Waals surface area (Å²) in [5, 5.41) is 19.7. The summed E-state index contributed by atoms with van der Waals surface area (Å²) in [7, 11) is 0. The summed E-state index contributed by atoms with van der Waals surface area (Å²) < 4.78 is 5.74. The van der Waals surface area contributed by atoms with Crippen molar-refractivity contribution in [1.82, 2.24) is 0 Å². The van der Waals surface area contributed by atoms with Crippen LogP contribution in [-0.4, -0.2) is 28.7 Å². The minimum absolute atomic E-state index is 0.0867. The Kier molecular flexibility index (Phi) is 7.04. The maximum absolute atomic E-state index is 13.1. The lowest BCUT2D eigenvalue weighted by Crippen LogP contribution is -2.20. The van der Waals surface area contributed by atoms with Crippen molar-refractivity contribution in [3.05, 3.63) is 101 Å². The Bertz CT molecular complexity index is 1020. The van der Waals surface area contributed by atoms with E-state index in [1.54, 1.807) is 42.5 Å². The molecule has 0 saturated carbocycles. The van der Waals surface area contributed by atoms with Crippen molar-refractivity contribution in [3.63, 3.8) is 0 Å². The molecule has 0 radical (unpaired) electrons. The van der Waals surface area contributed by atoms with Gasteiger partial charge in [-0.1, -0.05) is 48.5 Å². The first-order valence-corrected chi connectivity index (χ1v) is 9.93. The van der Waals surface area contributed by atoms with Crippen LogP contribution < -0.4 is 4.74 Å². The van der Waals surface area contributed by atoms with E-state index in [-0.39, 0.29) is 18.1 Å². The van der Waals surface area contributed by atoms with Crippen LogP contribution in [0.2, 0.25) is 0 Å². The minimum Gasteiger partial charge on any atom is -0.508 e. The number of phenolic OH excluding ortho intramolecular Hbond substituents is 1. The smallest absolute Gasteiger partial charge is 0.193 e. The van der Waals surface area contributed by atoms with E-state index in [9.17, 15) is 15.0 Å². The van der Waals surface area contributed by atoms with Crippen LogP contribution in [0, 0.1) is 6.92 Å². The second-order valence-electron chi connectivity index (χ2n) is 7.21. The fraction of sp³-hybridized carbons (Fsp3) is 0.192. The van der Waals surface area contributed by atoms with Crippen molar-refractivity contribution in [3.8, 4) is 11.5 Å². The van der Waals surface area contributed by atoms with Gasteiger partial charge in [0.25, 0.3) is 0 Å². The average molecular weight is 402 g/mol. The van der Waals surface area contributed by atoms with Gasteiger partial charge in [0.15, 0.2) is 5.78 Å². The van der Waals surface area contributed by atoms with E-state index < -0.39 is 6.10 Å². The average Bonchev–Trinajstić information content (AvgIpc) is 2.75. The highest BCUT2D eigenvalue weighted by Gasteiger charge is 2.16. The molecule has 3 rings (SSSR count). The van der Waals surface area contributed by atoms with E-state index in [0.29, 0.717) is 23.3 Å². The Labute approximate surface area is 177 Å². The van der Waals surface area contributed by atoms with Crippen molar-refractivity contribution >= 4 is 11.4 Å². The summed E-state index contributed by atoms with van der Waals surface area (Å²) in [4.78, 5) is 13.1. The molecule has 0 aromatic heterocycles. The molecule has 154 valence electrons. The molecule has 3 aromatic carbocycles. The lowest BCUT2D eigenvalue weighted by Gasteiger charge is -2.14. The Morgan fingerprint density at radius 3 is 2.37 bits per heavy atom. The fourth-order valence-electron chi connectivity index (χ4n) is 3.33. The number of ether oxygens (including phenoxy) is 1. The van der Waals surface area contributed by atoms with Crippen LogP contribution in [0.4, 0.5) is 0 Å². The molecule has 0 aliphatic heterocycles. The van der Waals surface area contributed by atoms with Crippen LogP contribution in [0.5, 0.6) is 11.5 Å². The number of carbonyl (C=O) groups excluding carboxylic acids is 1. The number of Topliss-reactive ketones (excluding diaryl/α,β-unsaturated/α-hetero) is 1. The van der Waals surface area contributed by atoms with Crippen LogP contribution in [0.1, 0.15) is 34.0 Å². The van der Waals surface area contributed by atoms with Gasteiger partial charge in [-0.3, -0.25) is 4.79 Å². The molecule has 0 fully saturated rings. The van der Waals surface area contributed by atoms with Gasteiger partial charge in [-0.15, -0.1) is 0 Å². The topological polar surface area (TPSA) is 66.8 Å². The zero-order valence-corrected chi connectivity index (χ0v) is 17.2. The molecule has 4 heteroatoms. The predicted molar refractivity (Wildman–Crippen MR) is 119 cm³/mol. The largest absolute Gasteiger partial charge is 0.508 e. The van der Waals surface area contributed by atoms with Crippen molar-refractivity contribution in [1.29, 1.82) is 0 Å². The number of hydrogen-bond acceptors (Lipinski definition) is 4. The second-order valence-corrected chi connectivity index (χ2v) is 7.21. The van der Waals surface area contributed by atoms with Crippen molar-refractivity contribution < 1.29 is 19.7 Å². The number of benzene rings is 3. The molecule has 4 nitrogen and oxygen atoms in total. The SMILES string of the molecule is C/C=C(\C(=O)c1ccc(OCC(O)Cc2ccccc2)cc1C)c1ccc(O)cc1. The lowest BCUT2D eigenvalue weighted by atomic mass is 9.94.